The minimum atomic E-state index is -0.111. The third kappa shape index (κ3) is 3.94. The van der Waals surface area contributed by atoms with Gasteiger partial charge in [-0.25, -0.2) is 4.98 Å². The van der Waals surface area contributed by atoms with Gasteiger partial charge in [0.05, 0.1) is 5.69 Å². The Morgan fingerprint density at radius 1 is 1.12 bits per heavy atom. The van der Waals surface area contributed by atoms with Crippen LogP contribution in [0.4, 0.5) is 5.95 Å². The van der Waals surface area contributed by atoms with Gasteiger partial charge in [-0.1, -0.05) is 0 Å². The highest BCUT2D eigenvalue weighted by molar-refractivity contribution is 5.63. The quantitative estimate of drug-likeness (QED) is 0.699. The minimum absolute atomic E-state index is 0.0861. The van der Waals surface area contributed by atoms with E-state index < -0.39 is 0 Å². The predicted molar refractivity (Wildman–Crippen MR) is 102 cm³/mol. The number of nitrogens with two attached hydrogens (primary N) is 1. The van der Waals surface area contributed by atoms with Gasteiger partial charge in [0.1, 0.15) is 0 Å². The molecule has 3 aromatic rings. The van der Waals surface area contributed by atoms with E-state index in [1.165, 1.54) is 4.57 Å². The molecule has 0 aliphatic heterocycles. The summed E-state index contributed by atoms with van der Waals surface area (Å²) in [4.78, 5) is 25.2. The summed E-state index contributed by atoms with van der Waals surface area (Å²) in [6.45, 7) is 2.28. The van der Waals surface area contributed by atoms with Crippen LogP contribution in [0, 0.1) is 6.92 Å². The van der Waals surface area contributed by atoms with Crippen LogP contribution in [0.15, 0.2) is 53.8 Å². The van der Waals surface area contributed by atoms with Crippen molar-refractivity contribution >= 4 is 5.95 Å². The first-order valence-electron chi connectivity index (χ1n) is 8.42. The Labute approximate surface area is 152 Å². The second-order valence-electron chi connectivity index (χ2n) is 6.21. The van der Waals surface area contributed by atoms with Crippen LogP contribution in [-0.4, -0.2) is 32.1 Å². The van der Waals surface area contributed by atoms with Gasteiger partial charge in [-0.15, -0.1) is 0 Å². The van der Waals surface area contributed by atoms with E-state index in [4.69, 9.17) is 5.73 Å². The van der Waals surface area contributed by atoms with Crippen LogP contribution >= 0.6 is 0 Å². The van der Waals surface area contributed by atoms with E-state index in [0.29, 0.717) is 30.2 Å². The number of pyridine rings is 2. The Bertz CT molecular complexity index is 924. The molecule has 3 heterocycles. The van der Waals surface area contributed by atoms with Crippen molar-refractivity contribution in [2.24, 2.45) is 12.8 Å². The maximum atomic E-state index is 12.5. The summed E-state index contributed by atoms with van der Waals surface area (Å²) in [5.74, 6) is 0.498. The first-order chi connectivity index (χ1) is 12.6. The molecule has 0 aliphatic carbocycles. The van der Waals surface area contributed by atoms with Gasteiger partial charge in [-0.05, 0) is 43.2 Å². The molecule has 3 N–H and O–H groups in total. The molecule has 0 fully saturated rings. The fraction of sp³-hybridized carbons (Fsp3) is 0.263. The monoisotopic (exact) mass is 350 g/mol. The van der Waals surface area contributed by atoms with E-state index in [1.54, 1.807) is 38.8 Å². The zero-order valence-corrected chi connectivity index (χ0v) is 14.9. The molecule has 134 valence electrons. The van der Waals surface area contributed by atoms with Gasteiger partial charge in [0.15, 0.2) is 0 Å². The summed E-state index contributed by atoms with van der Waals surface area (Å²) in [6, 6.07) is 7.46. The number of hydrogen-bond donors (Lipinski definition) is 2. The molecular formula is C19H22N6O. The molecule has 0 aliphatic rings. The topological polar surface area (TPSA) is 98.7 Å². The van der Waals surface area contributed by atoms with Crippen LogP contribution in [-0.2, 0) is 13.5 Å². The molecule has 0 saturated carbocycles. The Morgan fingerprint density at radius 2 is 1.73 bits per heavy atom. The summed E-state index contributed by atoms with van der Waals surface area (Å²) in [6.07, 6.45) is 7.59. The smallest absolute Gasteiger partial charge is 0.258 e. The van der Waals surface area contributed by atoms with Gasteiger partial charge in [-0.2, -0.15) is 0 Å². The zero-order chi connectivity index (χ0) is 18.5. The number of aromatic nitrogens is 4. The standard InChI is InChI=1S/C19H22N6O/c1-13-17(15-5-9-22-10-6-15)24-19(25(2)18(13)26)23-12-16(20)11-14-3-7-21-8-4-14/h3-10,16H,11-12,20H2,1-2H3,(H,23,24). The molecule has 3 rings (SSSR count). The van der Waals surface area contributed by atoms with Crippen LogP contribution in [0.1, 0.15) is 11.1 Å². The molecule has 26 heavy (non-hydrogen) atoms. The second-order valence-corrected chi connectivity index (χ2v) is 6.21. The number of hydrogen-bond acceptors (Lipinski definition) is 6. The maximum Gasteiger partial charge on any atom is 0.258 e. The lowest BCUT2D eigenvalue weighted by Gasteiger charge is -2.17. The molecule has 0 aromatic carbocycles. The zero-order valence-electron chi connectivity index (χ0n) is 14.9. The van der Waals surface area contributed by atoms with Gasteiger partial charge in [-0.3, -0.25) is 19.3 Å². The molecule has 7 nitrogen and oxygen atoms in total. The van der Waals surface area contributed by atoms with Crippen molar-refractivity contribution in [3.05, 3.63) is 70.5 Å². The first-order valence-corrected chi connectivity index (χ1v) is 8.42. The number of nitrogens with zero attached hydrogens (tertiary/aromatic N) is 4. The lowest BCUT2D eigenvalue weighted by molar-refractivity contribution is 0.686. The van der Waals surface area contributed by atoms with Crippen molar-refractivity contribution < 1.29 is 0 Å². The van der Waals surface area contributed by atoms with Crippen molar-refractivity contribution in [3.63, 3.8) is 0 Å². The van der Waals surface area contributed by atoms with E-state index in [1.807, 2.05) is 24.3 Å². The Hall–Kier alpha value is -3.06. The van der Waals surface area contributed by atoms with Gasteiger partial charge in [0, 0.05) is 55.5 Å². The first kappa shape index (κ1) is 17.8. The van der Waals surface area contributed by atoms with Crippen molar-refractivity contribution in [2.45, 2.75) is 19.4 Å². The molecule has 3 aromatic heterocycles. The van der Waals surface area contributed by atoms with Crippen LogP contribution < -0.4 is 16.6 Å². The van der Waals surface area contributed by atoms with Crippen LogP contribution in [0.5, 0.6) is 0 Å². The maximum absolute atomic E-state index is 12.5. The Kier molecular flexibility index (Phi) is 5.38. The lowest BCUT2D eigenvalue weighted by Crippen LogP contribution is -2.34. The lowest BCUT2D eigenvalue weighted by atomic mass is 10.1. The largest absolute Gasteiger partial charge is 0.354 e. The van der Waals surface area contributed by atoms with Crippen molar-refractivity contribution in [1.29, 1.82) is 0 Å². The average molecular weight is 350 g/mol. The highest BCUT2D eigenvalue weighted by Gasteiger charge is 2.13. The van der Waals surface area contributed by atoms with Gasteiger partial charge < -0.3 is 11.1 Å². The fourth-order valence-electron chi connectivity index (χ4n) is 2.78. The van der Waals surface area contributed by atoms with Gasteiger partial charge in [0.2, 0.25) is 5.95 Å². The summed E-state index contributed by atoms with van der Waals surface area (Å²) in [5.41, 5.74) is 9.37. The minimum Gasteiger partial charge on any atom is -0.354 e. The van der Waals surface area contributed by atoms with Crippen molar-refractivity contribution in [2.75, 3.05) is 11.9 Å². The van der Waals surface area contributed by atoms with E-state index in [0.717, 1.165) is 11.1 Å². The number of rotatable bonds is 6. The summed E-state index contributed by atoms with van der Waals surface area (Å²) >= 11 is 0. The average Bonchev–Trinajstić information content (AvgIpc) is 2.67. The van der Waals surface area contributed by atoms with E-state index >= 15 is 0 Å². The van der Waals surface area contributed by atoms with Crippen molar-refractivity contribution in [3.8, 4) is 11.3 Å². The van der Waals surface area contributed by atoms with Gasteiger partial charge in [0.25, 0.3) is 5.56 Å². The van der Waals surface area contributed by atoms with E-state index in [-0.39, 0.29) is 11.6 Å². The van der Waals surface area contributed by atoms with Crippen LogP contribution in [0.25, 0.3) is 11.3 Å². The molecule has 0 saturated heterocycles. The summed E-state index contributed by atoms with van der Waals surface area (Å²) < 4.78 is 1.51. The molecule has 0 amide bonds. The molecule has 1 atom stereocenters. The molecule has 0 radical (unpaired) electrons. The normalized spacial score (nSPS) is 12.0. The molecule has 0 bridgehead atoms. The van der Waals surface area contributed by atoms with Crippen molar-refractivity contribution in [1.82, 2.24) is 19.5 Å². The highest BCUT2D eigenvalue weighted by Crippen LogP contribution is 2.19. The molecular weight excluding hydrogens is 328 g/mol. The Morgan fingerprint density at radius 3 is 2.38 bits per heavy atom. The van der Waals surface area contributed by atoms with Crippen LogP contribution in [0.2, 0.25) is 0 Å². The number of nitrogens with one attached hydrogen (secondary N) is 1. The van der Waals surface area contributed by atoms with E-state index in [9.17, 15) is 4.79 Å². The summed E-state index contributed by atoms with van der Waals surface area (Å²) in [7, 11) is 1.70. The third-order valence-corrected chi connectivity index (χ3v) is 4.24. The van der Waals surface area contributed by atoms with Crippen LogP contribution in [0.3, 0.4) is 0 Å². The summed E-state index contributed by atoms with van der Waals surface area (Å²) in [5, 5.41) is 3.21. The predicted octanol–water partition coefficient (Wildman–Crippen LogP) is 1.53. The molecule has 0 spiro atoms. The van der Waals surface area contributed by atoms with Gasteiger partial charge >= 0.3 is 0 Å². The third-order valence-electron chi connectivity index (χ3n) is 4.24. The fourth-order valence-corrected chi connectivity index (χ4v) is 2.78. The molecule has 1 unspecified atom stereocenters. The SMILES string of the molecule is Cc1c(-c2ccncc2)nc(NCC(N)Cc2ccncc2)n(C)c1=O. The highest BCUT2D eigenvalue weighted by atomic mass is 16.1. The second kappa shape index (κ2) is 7.88. The van der Waals surface area contributed by atoms with E-state index in [2.05, 4.69) is 20.3 Å². The number of anilines is 1. The Balaban J connectivity index is 1.79. The molecule has 7 heteroatoms.